The van der Waals surface area contributed by atoms with Crippen molar-refractivity contribution in [3.63, 3.8) is 0 Å². The van der Waals surface area contributed by atoms with E-state index >= 15 is 0 Å². The van der Waals surface area contributed by atoms with E-state index in [2.05, 4.69) is 99.3 Å². The third-order valence-corrected chi connectivity index (χ3v) is 9.00. The molecule has 2 saturated heterocycles. The van der Waals surface area contributed by atoms with Gasteiger partial charge < -0.3 is 25.2 Å². The lowest BCUT2D eigenvalue weighted by atomic mass is 9.98. The maximum Gasteiger partial charge on any atom is 0.315 e. The van der Waals surface area contributed by atoms with Crippen LogP contribution in [0.3, 0.4) is 0 Å². The largest absolute Gasteiger partial charge is 0.392 e. The van der Waals surface area contributed by atoms with E-state index in [-0.39, 0.29) is 24.8 Å². The highest BCUT2D eigenvalue weighted by atomic mass is 16.7. The highest BCUT2D eigenvalue weighted by Crippen LogP contribution is 2.39. The molecule has 4 aromatic rings. The second-order valence-electron chi connectivity index (χ2n) is 12.5. The number of carbonyl (C=O) groups excluding carboxylic acids is 1. The van der Waals surface area contributed by atoms with Crippen molar-refractivity contribution >= 4 is 6.03 Å². The molecule has 0 aliphatic carbocycles. The molecule has 4 aromatic carbocycles. The predicted octanol–water partition coefficient (Wildman–Crippen LogP) is 6.03. The molecule has 0 spiro atoms. The van der Waals surface area contributed by atoms with Crippen LogP contribution in [0.2, 0.25) is 0 Å². The van der Waals surface area contributed by atoms with Crippen molar-refractivity contribution in [1.82, 2.24) is 20.4 Å². The number of nitrogens with one attached hydrogen (secondary N) is 2. The number of amides is 2. The summed E-state index contributed by atoms with van der Waals surface area (Å²) in [6.07, 6.45) is 0.125. The Morgan fingerprint density at radius 2 is 1.45 bits per heavy atom. The summed E-state index contributed by atoms with van der Waals surface area (Å²) in [6, 6.07) is 35.2. The molecule has 2 amide bonds. The van der Waals surface area contributed by atoms with Crippen molar-refractivity contribution in [2.24, 2.45) is 0 Å². The summed E-state index contributed by atoms with van der Waals surface area (Å²) in [4.78, 5) is 17.0. The number of aliphatic hydroxyl groups excluding tert-OH is 1. The van der Waals surface area contributed by atoms with E-state index < -0.39 is 6.29 Å². The standard InChI is InChI=1S/C39H46N4O4/c1-2-40-39(45)41-25-31-10-6-11-33(22-31)34-12-7-13-35(23-34)38-46-36(24-37(47-38)32-16-14-30(28-44)15-17-32)27-43-20-18-42(19-21-43)26-29-8-4-3-5-9-29/h3-17,22-23,36-38,44H,2,18-21,24-28H2,1H3,(H2,40,41,45). The van der Waals surface area contributed by atoms with Gasteiger partial charge in [0.2, 0.25) is 0 Å². The third-order valence-electron chi connectivity index (χ3n) is 9.00. The second kappa shape index (κ2) is 16.2. The average Bonchev–Trinajstić information content (AvgIpc) is 3.12. The number of nitrogens with zero attached hydrogens (tertiary/aromatic N) is 2. The normalized spacial score (nSPS) is 20.5. The quantitative estimate of drug-likeness (QED) is 0.187. The number of ether oxygens (including phenoxy) is 2. The van der Waals surface area contributed by atoms with Gasteiger partial charge in [-0.05, 0) is 52.4 Å². The minimum absolute atomic E-state index is 0.00395. The Hall–Kier alpha value is -4.05. The number of piperazine rings is 1. The van der Waals surface area contributed by atoms with Crippen molar-refractivity contribution in [2.75, 3.05) is 39.3 Å². The van der Waals surface area contributed by atoms with Crippen LogP contribution in [0.25, 0.3) is 11.1 Å². The van der Waals surface area contributed by atoms with E-state index in [9.17, 15) is 9.90 Å². The first-order chi connectivity index (χ1) is 23.1. The van der Waals surface area contributed by atoms with E-state index in [4.69, 9.17) is 9.47 Å². The van der Waals surface area contributed by atoms with Crippen LogP contribution >= 0.6 is 0 Å². The van der Waals surface area contributed by atoms with Gasteiger partial charge in [0.25, 0.3) is 0 Å². The second-order valence-corrected chi connectivity index (χ2v) is 12.5. The first-order valence-corrected chi connectivity index (χ1v) is 16.8. The van der Waals surface area contributed by atoms with Crippen LogP contribution in [-0.2, 0) is 29.2 Å². The van der Waals surface area contributed by atoms with E-state index in [0.29, 0.717) is 13.1 Å². The van der Waals surface area contributed by atoms with Gasteiger partial charge in [-0.1, -0.05) is 91.0 Å². The molecular weight excluding hydrogens is 588 g/mol. The van der Waals surface area contributed by atoms with Crippen LogP contribution in [0.5, 0.6) is 0 Å². The Morgan fingerprint density at radius 3 is 2.19 bits per heavy atom. The molecule has 0 aromatic heterocycles. The Kier molecular flexibility index (Phi) is 11.3. The Balaban J connectivity index is 1.16. The van der Waals surface area contributed by atoms with Crippen molar-refractivity contribution in [3.05, 3.63) is 131 Å². The monoisotopic (exact) mass is 634 g/mol. The Morgan fingerprint density at radius 1 is 0.745 bits per heavy atom. The summed E-state index contributed by atoms with van der Waals surface area (Å²) < 4.78 is 13.4. The molecule has 0 saturated carbocycles. The molecule has 8 nitrogen and oxygen atoms in total. The summed E-state index contributed by atoms with van der Waals surface area (Å²) in [7, 11) is 0. The number of benzene rings is 4. The van der Waals surface area contributed by atoms with Gasteiger partial charge in [0.15, 0.2) is 6.29 Å². The summed E-state index contributed by atoms with van der Waals surface area (Å²) in [5.41, 5.74) is 7.48. The molecule has 47 heavy (non-hydrogen) atoms. The first-order valence-electron chi connectivity index (χ1n) is 16.8. The fourth-order valence-corrected chi connectivity index (χ4v) is 6.42. The van der Waals surface area contributed by atoms with Crippen LogP contribution in [0.4, 0.5) is 4.79 Å². The number of hydrogen-bond acceptors (Lipinski definition) is 6. The Bertz CT molecular complexity index is 1570. The van der Waals surface area contributed by atoms with Crippen LogP contribution < -0.4 is 10.6 Å². The summed E-state index contributed by atoms with van der Waals surface area (Å²) in [6.45, 7) is 8.89. The Labute approximate surface area is 278 Å². The van der Waals surface area contributed by atoms with Gasteiger partial charge in [-0.25, -0.2) is 4.79 Å². The minimum Gasteiger partial charge on any atom is -0.392 e. The summed E-state index contributed by atoms with van der Waals surface area (Å²) in [5.74, 6) is 0. The van der Waals surface area contributed by atoms with Gasteiger partial charge in [-0.2, -0.15) is 0 Å². The molecule has 3 unspecified atom stereocenters. The third kappa shape index (κ3) is 9.06. The van der Waals surface area contributed by atoms with Crippen LogP contribution in [-0.4, -0.2) is 66.3 Å². The molecule has 3 atom stereocenters. The highest BCUT2D eigenvalue weighted by molar-refractivity contribution is 5.74. The number of carbonyl (C=O) groups is 1. The van der Waals surface area contributed by atoms with Gasteiger partial charge in [0.05, 0.1) is 18.8 Å². The summed E-state index contributed by atoms with van der Waals surface area (Å²) >= 11 is 0. The van der Waals surface area contributed by atoms with E-state index in [1.54, 1.807) is 0 Å². The fourth-order valence-electron chi connectivity index (χ4n) is 6.42. The molecule has 0 radical (unpaired) electrons. The lowest BCUT2D eigenvalue weighted by Gasteiger charge is -2.41. The van der Waals surface area contributed by atoms with E-state index in [0.717, 1.165) is 79.1 Å². The van der Waals surface area contributed by atoms with Gasteiger partial charge >= 0.3 is 6.03 Å². The van der Waals surface area contributed by atoms with Crippen LogP contribution in [0.15, 0.2) is 103 Å². The molecule has 246 valence electrons. The van der Waals surface area contributed by atoms with Gasteiger partial charge in [-0.3, -0.25) is 9.80 Å². The molecule has 2 heterocycles. The molecular formula is C39H46N4O4. The topological polar surface area (TPSA) is 86.3 Å². The summed E-state index contributed by atoms with van der Waals surface area (Å²) in [5, 5.41) is 15.3. The number of hydrogen-bond donors (Lipinski definition) is 3. The maximum atomic E-state index is 11.9. The highest BCUT2D eigenvalue weighted by Gasteiger charge is 2.34. The van der Waals surface area contributed by atoms with E-state index in [1.807, 2.05) is 31.2 Å². The number of urea groups is 1. The minimum atomic E-state index is -0.516. The van der Waals surface area contributed by atoms with Crippen LogP contribution in [0.1, 0.15) is 53.6 Å². The van der Waals surface area contributed by atoms with Gasteiger partial charge in [0.1, 0.15) is 0 Å². The van der Waals surface area contributed by atoms with E-state index in [1.165, 1.54) is 5.56 Å². The van der Waals surface area contributed by atoms with Gasteiger partial charge in [0, 0.05) is 64.3 Å². The molecule has 2 fully saturated rings. The zero-order chi connectivity index (χ0) is 32.4. The smallest absolute Gasteiger partial charge is 0.315 e. The predicted molar refractivity (Wildman–Crippen MR) is 184 cm³/mol. The molecule has 0 bridgehead atoms. The van der Waals surface area contributed by atoms with Crippen molar-refractivity contribution in [1.29, 1.82) is 0 Å². The number of rotatable bonds is 11. The molecule has 6 rings (SSSR count). The zero-order valence-electron chi connectivity index (χ0n) is 27.2. The fraction of sp³-hybridized carbons (Fsp3) is 0.359. The van der Waals surface area contributed by atoms with Crippen molar-refractivity contribution in [2.45, 2.75) is 51.5 Å². The average molecular weight is 635 g/mol. The molecule has 2 aliphatic heterocycles. The van der Waals surface area contributed by atoms with Gasteiger partial charge in [-0.15, -0.1) is 0 Å². The lowest BCUT2D eigenvalue weighted by molar-refractivity contribution is -0.253. The maximum absolute atomic E-state index is 11.9. The SMILES string of the molecule is CCNC(=O)NCc1cccc(-c2cccc(C3OC(CN4CCN(Cc5ccccc5)CC4)CC(c4ccc(CO)cc4)O3)c2)c1. The molecule has 2 aliphatic rings. The molecule has 3 N–H and O–H groups in total. The van der Waals surface area contributed by atoms with Crippen LogP contribution in [0, 0.1) is 0 Å². The molecule has 8 heteroatoms. The van der Waals surface area contributed by atoms with Crippen molar-refractivity contribution < 1.29 is 19.4 Å². The lowest BCUT2D eigenvalue weighted by Crippen LogP contribution is -2.49. The van der Waals surface area contributed by atoms with Crippen molar-refractivity contribution in [3.8, 4) is 11.1 Å². The first kappa shape index (κ1) is 32.9. The number of aliphatic hydroxyl groups is 1. The zero-order valence-corrected chi connectivity index (χ0v) is 27.2.